The van der Waals surface area contributed by atoms with Crippen LogP contribution in [0.4, 0.5) is 0 Å². The number of hydrogen-bond acceptors (Lipinski definition) is 5. The van der Waals surface area contributed by atoms with Crippen LogP contribution in [-0.2, 0) is 21.9 Å². The Morgan fingerprint density at radius 3 is 2.33 bits per heavy atom. The summed E-state index contributed by atoms with van der Waals surface area (Å²) in [5.41, 5.74) is 1.43. The van der Waals surface area contributed by atoms with Crippen molar-refractivity contribution in [1.82, 2.24) is 28.8 Å². The third-order valence-corrected chi connectivity index (χ3v) is 7.23. The summed E-state index contributed by atoms with van der Waals surface area (Å²) in [7, 11) is -1.93. The molecule has 1 aliphatic rings. The molecule has 0 radical (unpaired) electrons. The Bertz CT molecular complexity index is 959. The molecule has 1 aliphatic heterocycles. The van der Waals surface area contributed by atoms with E-state index >= 15 is 0 Å². The summed E-state index contributed by atoms with van der Waals surface area (Å²) in [6, 6.07) is -0.502. The fourth-order valence-corrected chi connectivity index (χ4v) is 4.75. The second-order valence-electron chi connectivity index (χ2n) is 6.68. The van der Waals surface area contributed by atoms with E-state index in [0.717, 1.165) is 5.69 Å². The number of aromatic nitrogens is 4. The van der Waals surface area contributed by atoms with E-state index < -0.39 is 16.1 Å². The van der Waals surface area contributed by atoms with Gasteiger partial charge in [-0.15, -0.1) is 0 Å². The van der Waals surface area contributed by atoms with E-state index in [0.29, 0.717) is 23.8 Å². The van der Waals surface area contributed by atoms with Crippen molar-refractivity contribution in [1.29, 1.82) is 0 Å². The van der Waals surface area contributed by atoms with Gasteiger partial charge < -0.3 is 4.90 Å². The third kappa shape index (κ3) is 3.61. The van der Waals surface area contributed by atoms with Gasteiger partial charge in [-0.05, 0) is 20.8 Å². The standard InChI is InChI=1S/C16H23ClN6O3S/c1-11-15(17)12(2)23(19-11)13(3)16(24)21-5-7-22(8-6-21)27(25,26)14-9-18-20(4)10-14/h9-10,13H,5-8H2,1-4H3. The highest BCUT2D eigenvalue weighted by Crippen LogP contribution is 2.24. The zero-order valence-electron chi connectivity index (χ0n) is 15.8. The number of carbonyl (C=O) groups is 1. The number of aryl methyl sites for hydroxylation is 2. The van der Waals surface area contributed by atoms with Crippen molar-refractivity contribution < 1.29 is 13.2 Å². The molecule has 1 unspecified atom stereocenters. The second-order valence-corrected chi connectivity index (χ2v) is 9.00. The molecule has 2 aromatic rings. The van der Waals surface area contributed by atoms with Crippen molar-refractivity contribution in [3.8, 4) is 0 Å². The van der Waals surface area contributed by atoms with Crippen LogP contribution < -0.4 is 0 Å². The number of nitrogens with zero attached hydrogens (tertiary/aromatic N) is 6. The molecule has 0 aliphatic carbocycles. The highest BCUT2D eigenvalue weighted by atomic mass is 35.5. The molecule has 27 heavy (non-hydrogen) atoms. The average Bonchev–Trinajstić information content (AvgIpc) is 3.20. The molecule has 148 valence electrons. The molecule has 0 aromatic carbocycles. The summed E-state index contributed by atoms with van der Waals surface area (Å²) in [6.45, 7) is 6.54. The Labute approximate surface area is 163 Å². The van der Waals surface area contributed by atoms with Crippen LogP contribution >= 0.6 is 11.6 Å². The smallest absolute Gasteiger partial charge is 0.247 e. The highest BCUT2D eigenvalue weighted by Gasteiger charge is 2.33. The maximum Gasteiger partial charge on any atom is 0.247 e. The number of halogens is 1. The first-order valence-electron chi connectivity index (χ1n) is 8.61. The van der Waals surface area contributed by atoms with Gasteiger partial charge in [0, 0.05) is 39.4 Å². The zero-order valence-corrected chi connectivity index (χ0v) is 17.3. The number of carbonyl (C=O) groups excluding carboxylic acids is 1. The van der Waals surface area contributed by atoms with Crippen LogP contribution in [0.3, 0.4) is 0 Å². The molecular formula is C16H23ClN6O3S. The van der Waals surface area contributed by atoms with Crippen LogP contribution in [0.15, 0.2) is 17.3 Å². The number of rotatable bonds is 4. The van der Waals surface area contributed by atoms with Gasteiger partial charge in [0.25, 0.3) is 0 Å². The summed E-state index contributed by atoms with van der Waals surface area (Å²) in [4.78, 5) is 14.7. The number of amides is 1. The van der Waals surface area contributed by atoms with Crippen molar-refractivity contribution >= 4 is 27.5 Å². The van der Waals surface area contributed by atoms with Crippen molar-refractivity contribution in [3.63, 3.8) is 0 Å². The molecule has 1 atom stereocenters. The van der Waals surface area contributed by atoms with Gasteiger partial charge in [-0.1, -0.05) is 11.6 Å². The van der Waals surface area contributed by atoms with E-state index in [-0.39, 0.29) is 23.9 Å². The monoisotopic (exact) mass is 414 g/mol. The summed E-state index contributed by atoms with van der Waals surface area (Å²) in [5, 5.41) is 8.82. The molecule has 11 heteroatoms. The van der Waals surface area contributed by atoms with E-state index in [1.807, 2.05) is 6.92 Å². The minimum Gasteiger partial charge on any atom is -0.338 e. The van der Waals surface area contributed by atoms with Crippen LogP contribution in [0.5, 0.6) is 0 Å². The molecule has 1 amide bonds. The first-order chi connectivity index (χ1) is 12.6. The molecule has 1 saturated heterocycles. The second kappa shape index (κ2) is 7.25. The largest absolute Gasteiger partial charge is 0.338 e. The Kier molecular flexibility index (Phi) is 5.33. The first-order valence-corrected chi connectivity index (χ1v) is 10.4. The van der Waals surface area contributed by atoms with Crippen molar-refractivity contribution in [2.24, 2.45) is 7.05 Å². The predicted molar refractivity (Wildman–Crippen MR) is 100.0 cm³/mol. The zero-order chi connectivity index (χ0) is 19.9. The van der Waals surface area contributed by atoms with Crippen LogP contribution in [0, 0.1) is 13.8 Å². The van der Waals surface area contributed by atoms with E-state index in [4.69, 9.17) is 11.6 Å². The van der Waals surface area contributed by atoms with Crippen molar-refractivity contribution in [2.75, 3.05) is 26.2 Å². The van der Waals surface area contributed by atoms with E-state index in [9.17, 15) is 13.2 Å². The lowest BCUT2D eigenvalue weighted by Crippen LogP contribution is -2.51. The molecule has 3 heterocycles. The number of piperazine rings is 1. The Hall–Kier alpha value is -1.91. The number of sulfonamides is 1. The summed E-state index contributed by atoms with van der Waals surface area (Å²) < 4.78 is 29.8. The van der Waals surface area contributed by atoms with Crippen LogP contribution in [0.1, 0.15) is 24.4 Å². The van der Waals surface area contributed by atoms with Crippen molar-refractivity contribution in [3.05, 3.63) is 28.8 Å². The van der Waals surface area contributed by atoms with E-state index in [1.165, 1.54) is 21.4 Å². The maximum atomic E-state index is 12.8. The van der Waals surface area contributed by atoms with E-state index in [2.05, 4.69) is 10.2 Å². The minimum absolute atomic E-state index is 0.101. The summed E-state index contributed by atoms with van der Waals surface area (Å²) >= 11 is 6.17. The molecule has 0 spiro atoms. The maximum absolute atomic E-state index is 12.8. The average molecular weight is 415 g/mol. The van der Waals surface area contributed by atoms with Gasteiger partial charge in [0.15, 0.2) is 0 Å². The molecular weight excluding hydrogens is 392 g/mol. The fraction of sp³-hybridized carbons (Fsp3) is 0.562. The quantitative estimate of drug-likeness (QED) is 0.743. The number of hydrogen-bond donors (Lipinski definition) is 0. The van der Waals surface area contributed by atoms with Crippen LogP contribution in [0.25, 0.3) is 0 Å². The first kappa shape index (κ1) is 19.8. The topological polar surface area (TPSA) is 93.3 Å². The lowest BCUT2D eigenvalue weighted by atomic mass is 10.2. The molecule has 3 rings (SSSR count). The van der Waals surface area contributed by atoms with Gasteiger partial charge >= 0.3 is 0 Å². The van der Waals surface area contributed by atoms with Gasteiger partial charge in [0.2, 0.25) is 15.9 Å². The molecule has 0 N–H and O–H groups in total. The molecule has 1 fully saturated rings. The highest BCUT2D eigenvalue weighted by molar-refractivity contribution is 7.89. The molecule has 0 saturated carbocycles. The third-order valence-electron chi connectivity index (χ3n) is 4.83. The lowest BCUT2D eigenvalue weighted by molar-refractivity contribution is -0.135. The normalized spacial score (nSPS) is 17.3. The predicted octanol–water partition coefficient (Wildman–Crippen LogP) is 0.981. The lowest BCUT2D eigenvalue weighted by Gasteiger charge is -2.35. The summed E-state index contributed by atoms with van der Waals surface area (Å²) in [5.74, 6) is -0.101. The van der Waals surface area contributed by atoms with Gasteiger partial charge in [0.1, 0.15) is 10.9 Å². The Morgan fingerprint density at radius 1 is 1.22 bits per heavy atom. The summed E-state index contributed by atoms with van der Waals surface area (Å²) in [6.07, 6.45) is 2.81. The van der Waals surface area contributed by atoms with E-state index in [1.54, 1.807) is 30.5 Å². The van der Waals surface area contributed by atoms with Gasteiger partial charge in [-0.2, -0.15) is 14.5 Å². The van der Waals surface area contributed by atoms with Gasteiger partial charge in [0.05, 0.1) is 22.6 Å². The molecule has 2 aromatic heterocycles. The van der Waals surface area contributed by atoms with Crippen molar-refractivity contribution in [2.45, 2.75) is 31.7 Å². The van der Waals surface area contributed by atoms with Gasteiger partial charge in [-0.25, -0.2) is 8.42 Å². The Balaban J connectivity index is 1.68. The van der Waals surface area contributed by atoms with Gasteiger partial charge in [-0.3, -0.25) is 14.2 Å². The SMILES string of the molecule is Cc1nn(C(C)C(=O)N2CCN(S(=O)(=O)c3cnn(C)c3)CC2)c(C)c1Cl. The van der Waals surface area contributed by atoms with Crippen LogP contribution in [0.2, 0.25) is 5.02 Å². The minimum atomic E-state index is -3.59. The molecule has 9 nitrogen and oxygen atoms in total. The fourth-order valence-electron chi connectivity index (χ4n) is 3.22. The molecule has 0 bridgehead atoms. The Morgan fingerprint density at radius 2 is 1.85 bits per heavy atom. The van der Waals surface area contributed by atoms with Crippen LogP contribution in [-0.4, -0.2) is 69.3 Å².